The molecule has 0 aromatic heterocycles. The first-order valence-corrected chi connectivity index (χ1v) is 7.87. The Morgan fingerprint density at radius 1 is 1.55 bits per heavy atom. The lowest BCUT2D eigenvalue weighted by molar-refractivity contribution is -0.138. The van der Waals surface area contributed by atoms with Gasteiger partial charge in [0.25, 0.3) is 5.91 Å². The number of nitrogens with zero attached hydrogens (tertiary/aromatic N) is 1. The Morgan fingerprint density at radius 3 is 2.77 bits per heavy atom. The van der Waals surface area contributed by atoms with Crippen LogP contribution in [-0.2, 0) is 18.6 Å². The molecule has 0 aliphatic carbocycles. The highest BCUT2D eigenvalue weighted by molar-refractivity contribution is 7.46. The van der Waals surface area contributed by atoms with Gasteiger partial charge < -0.3 is 19.6 Å². The predicted octanol–water partition coefficient (Wildman–Crippen LogP) is -1.15. The molecule has 0 aromatic rings. The van der Waals surface area contributed by atoms with Crippen LogP contribution in [0.3, 0.4) is 0 Å². The Labute approximate surface area is 124 Å². The van der Waals surface area contributed by atoms with Crippen molar-refractivity contribution in [2.45, 2.75) is 37.4 Å². The molecule has 2 aliphatic heterocycles. The Kier molecular flexibility index (Phi) is 4.58. The number of carbonyl (C=O) groups excluding carboxylic acids is 2. The average molecular weight is 342 g/mol. The number of aliphatic hydroxyl groups excluding tert-OH is 1. The molecule has 0 radical (unpaired) electrons. The minimum absolute atomic E-state index is 0.104. The maximum absolute atomic E-state index is 14.0. The zero-order valence-electron chi connectivity index (χ0n) is 11.5. The van der Waals surface area contributed by atoms with Gasteiger partial charge in [-0.05, 0) is 6.92 Å². The molecule has 3 amide bonds. The van der Waals surface area contributed by atoms with E-state index in [0.717, 1.165) is 11.8 Å². The van der Waals surface area contributed by atoms with Gasteiger partial charge in [-0.1, -0.05) is 0 Å². The number of hydrogen-bond donors (Lipinski definition) is 4. The number of urea groups is 1. The van der Waals surface area contributed by atoms with Crippen LogP contribution in [0.15, 0.2) is 0 Å². The van der Waals surface area contributed by atoms with Crippen molar-refractivity contribution < 1.29 is 42.7 Å². The number of carbonyl (C=O) groups is 2. The summed E-state index contributed by atoms with van der Waals surface area (Å²) >= 11 is 0. The summed E-state index contributed by atoms with van der Waals surface area (Å²) in [6, 6.07) is -0.867. The zero-order chi connectivity index (χ0) is 16.7. The van der Waals surface area contributed by atoms with E-state index in [1.54, 1.807) is 0 Å². The lowest BCUT2D eigenvalue weighted by Crippen LogP contribution is -2.63. The van der Waals surface area contributed by atoms with Crippen LogP contribution in [0.1, 0.15) is 13.3 Å². The van der Waals surface area contributed by atoms with E-state index in [9.17, 15) is 23.7 Å². The number of amides is 3. The van der Waals surface area contributed by atoms with Crippen molar-refractivity contribution in [3.8, 4) is 0 Å². The number of imide groups is 1. The van der Waals surface area contributed by atoms with Crippen LogP contribution in [0.2, 0.25) is 0 Å². The monoisotopic (exact) mass is 342 g/mol. The number of aliphatic hydroxyl groups is 1. The van der Waals surface area contributed by atoms with Gasteiger partial charge in [0, 0.05) is 6.42 Å². The molecular formula is C10H16FN2O8P. The van der Waals surface area contributed by atoms with Crippen molar-refractivity contribution in [3.05, 3.63) is 0 Å². The molecule has 0 aromatic carbocycles. The lowest BCUT2D eigenvalue weighted by Gasteiger charge is -2.37. The quantitative estimate of drug-likeness (QED) is 0.469. The molecule has 126 valence electrons. The van der Waals surface area contributed by atoms with E-state index < -0.39 is 57.0 Å². The number of phosphoric ester groups is 1. The summed E-state index contributed by atoms with van der Waals surface area (Å²) < 4.78 is 34.1. The van der Waals surface area contributed by atoms with Crippen molar-refractivity contribution in [2.24, 2.45) is 0 Å². The van der Waals surface area contributed by atoms with Gasteiger partial charge in [0.15, 0.2) is 0 Å². The second-order valence-electron chi connectivity index (χ2n) is 5.30. The highest BCUT2D eigenvalue weighted by Crippen LogP contribution is 2.37. The van der Waals surface area contributed by atoms with E-state index in [1.165, 1.54) is 0 Å². The first kappa shape index (κ1) is 17.3. The standard InChI is InChI=1S/C10H16FN2O8P/c1-10(11)4-13(9(16)12-8(10)15)7-2-5(14)6(21-7)3-20-22(17,18)19/h5-7,14H,2-4H2,1H3,(H,12,15,16)(H2,17,18,19)/t5-,6+,7+,10?/m0/s1. The Bertz CT molecular complexity index is 523. The van der Waals surface area contributed by atoms with Crippen LogP contribution >= 0.6 is 7.82 Å². The Morgan fingerprint density at radius 2 is 2.18 bits per heavy atom. The van der Waals surface area contributed by atoms with Crippen LogP contribution < -0.4 is 5.32 Å². The van der Waals surface area contributed by atoms with Crippen molar-refractivity contribution in [3.63, 3.8) is 0 Å². The second-order valence-corrected chi connectivity index (χ2v) is 6.54. The molecule has 2 rings (SSSR count). The molecule has 0 bridgehead atoms. The number of halogens is 1. The molecule has 2 heterocycles. The van der Waals surface area contributed by atoms with E-state index in [0.29, 0.717) is 0 Å². The number of ether oxygens (including phenoxy) is 1. The second kappa shape index (κ2) is 5.84. The van der Waals surface area contributed by atoms with Crippen LogP contribution in [0, 0.1) is 0 Å². The van der Waals surface area contributed by atoms with Gasteiger partial charge in [0.1, 0.15) is 12.3 Å². The largest absolute Gasteiger partial charge is 0.469 e. The predicted molar refractivity (Wildman–Crippen MR) is 67.0 cm³/mol. The molecule has 0 spiro atoms. The average Bonchev–Trinajstić information content (AvgIpc) is 2.72. The van der Waals surface area contributed by atoms with E-state index in [2.05, 4.69) is 4.52 Å². The molecule has 2 aliphatic rings. The highest BCUT2D eigenvalue weighted by atomic mass is 31.2. The minimum Gasteiger partial charge on any atom is -0.390 e. The van der Waals surface area contributed by atoms with Gasteiger partial charge >= 0.3 is 13.9 Å². The van der Waals surface area contributed by atoms with Crippen molar-refractivity contribution in [2.75, 3.05) is 13.2 Å². The number of hydrogen-bond acceptors (Lipinski definition) is 6. The summed E-state index contributed by atoms with van der Waals surface area (Å²) in [7, 11) is -4.73. The molecular weight excluding hydrogens is 326 g/mol. The molecule has 2 saturated heterocycles. The Hall–Kier alpha value is -1.10. The minimum atomic E-state index is -4.73. The summed E-state index contributed by atoms with van der Waals surface area (Å²) in [6.45, 7) is -0.147. The van der Waals surface area contributed by atoms with Crippen LogP contribution in [0.4, 0.5) is 9.18 Å². The third kappa shape index (κ3) is 3.80. The fraction of sp³-hybridized carbons (Fsp3) is 0.800. The topological polar surface area (TPSA) is 146 Å². The third-order valence-electron chi connectivity index (χ3n) is 3.38. The summed E-state index contributed by atoms with van der Waals surface area (Å²) in [5.74, 6) is -1.06. The van der Waals surface area contributed by atoms with Gasteiger partial charge in [-0.3, -0.25) is 19.5 Å². The van der Waals surface area contributed by atoms with E-state index >= 15 is 0 Å². The normalized spacial score (nSPS) is 36.6. The zero-order valence-corrected chi connectivity index (χ0v) is 12.4. The number of rotatable bonds is 4. The summed E-state index contributed by atoms with van der Waals surface area (Å²) in [6.07, 6.45) is -3.39. The highest BCUT2D eigenvalue weighted by Gasteiger charge is 2.48. The molecule has 10 nitrogen and oxygen atoms in total. The maximum Gasteiger partial charge on any atom is 0.469 e. The molecule has 4 N–H and O–H groups in total. The van der Waals surface area contributed by atoms with Crippen molar-refractivity contribution in [1.82, 2.24) is 10.2 Å². The summed E-state index contributed by atoms with van der Waals surface area (Å²) in [5.41, 5.74) is -2.30. The van der Waals surface area contributed by atoms with Gasteiger partial charge in [-0.15, -0.1) is 0 Å². The Balaban J connectivity index is 2.00. The maximum atomic E-state index is 14.0. The molecule has 2 fully saturated rings. The first-order valence-electron chi connectivity index (χ1n) is 6.34. The summed E-state index contributed by atoms with van der Waals surface area (Å²) in [5, 5.41) is 11.6. The van der Waals surface area contributed by atoms with E-state index in [-0.39, 0.29) is 6.42 Å². The SMILES string of the molecule is CC1(F)CN([C@H]2C[C@H](O)[C@@H](COP(=O)(O)O)O2)C(=O)NC1=O. The molecule has 4 atom stereocenters. The van der Waals surface area contributed by atoms with Gasteiger partial charge in [-0.25, -0.2) is 13.8 Å². The number of phosphoric acid groups is 1. The van der Waals surface area contributed by atoms with Crippen LogP contribution in [0.25, 0.3) is 0 Å². The van der Waals surface area contributed by atoms with Gasteiger partial charge in [0.05, 0.1) is 19.3 Å². The lowest BCUT2D eigenvalue weighted by atomic mass is 10.0. The van der Waals surface area contributed by atoms with Gasteiger partial charge in [0.2, 0.25) is 5.67 Å². The molecule has 1 unspecified atom stereocenters. The summed E-state index contributed by atoms with van der Waals surface area (Å²) in [4.78, 5) is 41.1. The fourth-order valence-corrected chi connectivity index (χ4v) is 2.56. The van der Waals surface area contributed by atoms with Crippen LogP contribution in [0.5, 0.6) is 0 Å². The van der Waals surface area contributed by atoms with E-state index in [4.69, 9.17) is 14.5 Å². The van der Waals surface area contributed by atoms with E-state index in [1.807, 2.05) is 5.32 Å². The molecule has 22 heavy (non-hydrogen) atoms. The number of alkyl halides is 1. The third-order valence-corrected chi connectivity index (χ3v) is 3.87. The van der Waals surface area contributed by atoms with Crippen molar-refractivity contribution >= 4 is 19.8 Å². The van der Waals surface area contributed by atoms with Gasteiger partial charge in [-0.2, -0.15) is 0 Å². The number of nitrogens with one attached hydrogen (secondary N) is 1. The first-order chi connectivity index (χ1) is 9.99. The molecule has 0 saturated carbocycles. The fourth-order valence-electron chi connectivity index (χ4n) is 2.22. The van der Waals surface area contributed by atoms with Crippen LogP contribution in [-0.4, -0.2) is 69.0 Å². The molecule has 12 heteroatoms. The van der Waals surface area contributed by atoms with Crippen molar-refractivity contribution in [1.29, 1.82) is 0 Å². The smallest absolute Gasteiger partial charge is 0.390 e.